The lowest BCUT2D eigenvalue weighted by Gasteiger charge is -2.22. The van der Waals surface area contributed by atoms with Crippen LogP contribution in [-0.2, 0) is 27.4 Å². The molecule has 1 unspecified atom stereocenters. The standard InChI is InChI=1S/C23H30N2O3/c1-28-18-20-9-7-8-19(16-20)17-22(26)12-10-21-11-13-23(27)25(21)15-6-4-2-3-5-14-24/h7-10,12,16,21H,2-6,11,13,15,17-18H2,1H3/b12-10+. The second-order valence-corrected chi connectivity index (χ2v) is 7.27. The normalized spacial score (nSPS) is 16.6. The van der Waals surface area contributed by atoms with Gasteiger partial charge in [-0.25, -0.2) is 0 Å². The van der Waals surface area contributed by atoms with Gasteiger partial charge in [0.1, 0.15) is 0 Å². The second-order valence-electron chi connectivity index (χ2n) is 7.27. The summed E-state index contributed by atoms with van der Waals surface area (Å²) < 4.78 is 5.13. The van der Waals surface area contributed by atoms with Crippen molar-refractivity contribution in [1.29, 1.82) is 5.26 Å². The number of methoxy groups -OCH3 is 1. The zero-order valence-electron chi connectivity index (χ0n) is 16.7. The maximum absolute atomic E-state index is 12.3. The van der Waals surface area contributed by atoms with Crippen molar-refractivity contribution >= 4 is 11.7 Å². The van der Waals surface area contributed by atoms with Crippen molar-refractivity contribution in [1.82, 2.24) is 4.90 Å². The van der Waals surface area contributed by atoms with E-state index in [-0.39, 0.29) is 17.7 Å². The molecule has 0 radical (unpaired) electrons. The number of likely N-dealkylation sites (tertiary alicyclic amines) is 1. The van der Waals surface area contributed by atoms with E-state index >= 15 is 0 Å². The minimum absolute atomic E-state index is 0.0235. The second kappa shape index (κ2) is 12.1. The number of ether oxygens (including phenoxy) is 1. The third kappa shape index (κ3) is 7.28. The fourth-order valence-electron chi connectivity index (χ4n) is 3.56. The molecule has 2 rings (SSSR count). The summed E-state index contributed by atoms with van der Waals surface area (Å²) in [5, 5.41) is 8.56. The Morgan fingerprint density at radius 2 is 2.07 bits per heavy atom. The molecule has 5 heteroatoms. The van der Waals surface area contributed by atoms with E-state index in [1.165, 1.54) is 0 Å². The number of carbonyl (C=O) groups is 2. The number of rotatable bonds is 12. The molecule has 1 aliphatic rings. The molecule has 5 nitrogen and oxygen atoms in total. The van der Waals surface area contributed by atoms with Gasteiger partial charge in [-0.3, -0.25) is 9.59 Å². The number of hydrogen-bond donors (Lipinski definition) is 0. The van der Waals surface area contributed by atoms with Crippen molar-refractivity contribution < 1.29 is 14.3 Å². The molecule has 0 spiro atoms. The molecule has 0 N–H and O–H groups in total. The van der Waals surface area contributed by atoms with Gasteiger partial charge in [-0.2, -0.15) is 5.26 Å². The van der Waals surface area contributed by atoms with Crippen LogP contribution in [0.15, 0.2) is 36.4 Å². The Morgan fingerprint density at radius 1 is 1.29 bits per heavy atom. The topological polar surface area (TPSA) is 70.4 Å². The average Bonchev–Trinajstić information content (AvgIpc) is 3.03. The van der Waals surface area contributed by atoms with Crippen molar-refractivity contribution in [2.24, 2.45) is 0 Å². The van der Waals surface area contributed by atoms with Gasteiger partial charge in [-0.1, -0.05) is 43.2 Å². The van der Waals surface area contributed by atoms with E-state index in [0.29, 0.717) is 25.9 Å². The van der Waals surface area contributed by atoms with Crippen LogP contribution in [0, 0.1) is 11.3 Å². The molecule has 1 amide bonds. The van der Waals surface area contributed by atoms with E-state index < -0.39 is 0 Å². The van der Waals surface area contributed by atoms with Gasteiger partial charge in [0.2, 0.25) is 5.91 Å². The third-order valence-corrected chi connectivity index (χ3v) is 5.00. The monoisotopic (exact) mass is 382 g/mol. The first-order valence-electron chi connectivity index (χ1n) is 10.1. The van der Waals surface area contributed by atoms with Gasteiger partial charge in [-0.05, 0) is 36.5 Å². The summed E-state index contributed by atoms with van der Waals surface area (Å²) in [5.74, 6) is 0.219. The van der Waals surface area contributed by atoms with Crippen LogP contribution >= 0.6 is 0 Å². The van der Waals surface area contributed by atoms with Crippen LogP contribution in [0.5, 0.6) is 0 Å². The molecule has 1 atom stereocenters. The number of nitrogens with zero attached hydrogens (tertiary/aromatic N) is 2. The summed E-state index contributed by atoms with van der Waals surface area (Å²) in [6.07, 6.45) is 9.73. The fraction of sp³-hybridized carbons (Fsp3) is 0.522. The first kappa shape index (κ1) is 21.8. The molecule has 0 saturated carbocycles. The highest BCUT2D eigenvalue weighted by atomic mass is 16.5. The predicted octanol–water partition coefficient (Wildman–Crippen LogP) is 3.97. The van der Waals surface area contributed by atoms with Gasteiger partial charge in [0, 0.05) is 32.9 Å². The minimum atomic E-state index is 0.0235. The Balaban J connectivity index is 1.82. The van der Waals surface area contributed by atoms with E-state index in [9.17, 15) is 9.59 Å². The number of ketones is 1. The van der Waals surface area contributed by atoms with Gasteiger partial charge >= 0.3 is 0 Å². The molecule has 0 aromatic heterocycles. The molecule has 1 aromatic rings. The Kier molecular flexibility index (Phi) is 9.44. The van der Waals surface area contributed by atoms with Crippen molar-refractivity contribution in [2.75, 3.05) is 13.7 Å². The van der Waals surface area contributed by atoms with E-state index in [1.807, 2.05) is 35.2 Å². The number of hydrogen-bond acceptors (Lipinski definition) is 4. The molecule has 1 fully saturated rings. The number of nitriles is 1. The zero-order chi connectivity index (χ0) is 20.2. The first-order chi connectivity index (χ1) is 13.6. The summed E-state index contributed by atoms with van der Waals surface area (Å²) in [6.45, 7) is 1.27. The smallest absolute Gasteiger partial charge is 0.223 e. The zero-order valence-corrected chi connectivity index (χ0v) is 16.7. The quantitative estimate of drug-likeness (QED) is 0.405. The summed E-state index contributed by atoms with van der Waals surface area (Å²) in [6, 6.07) is 10.0. The SMILES string of the molecule is COCc1cccc(CC(=O)/C=C/C2CCC(=O)N2CCCCCCC#N)c1. The molecule has 1 aromatic carbocycles. The molecule has 0 aliphatic carbocycles. The molecular weight excluding hydrogens is 352 g/mol. The van der Waals surface area contributed by atoms with Gasteiger partial charge in [0.25, 0.3) is 0 Å². The number of benzene rings is 1. The van der Waals surface area contributed by atoms with Gasteiger partial charge < -0.3 is 9.64 Å². The number of carbonyl (C=O) groups excluding carboxylic acids is 2. The lowest BCUT2D eigenvalue weighted by molar-refractivity contribution is -0.128. The molecular formula is C23H30N2O3. The average molecular weight is 383 g/mol. The molecule has 28 heavy (non-hydrogen) atoms. The van der Waals surface area contributed by atoms with E-state index in [0.717, 1.165) is 49.8 Å². The minimum Gasteiger partial charge on any atom is -0.380 e. The number of unbranched alkanes of at least 4 members (excludes halogenated alkanes) is 4. The third-order valence-electron chi connectivity index (χ3n) is 5.00. The van der Waals surface area contributed by atoms with Crippen LogP contribution in [-0.4, -0.2) is 36.3 Å². The summed E-state index contributed by atoms with van der Waals surface area (Å²) in [7, 11) is 1.65. The highest BCUT2D eigenvalue weighted by Gasteiger charge is 2.28. The molecule has 0 bridgehead atoms. The largest absolute Gasteiger partial charge is 0.380 e. The maximum Gasteiger partial charge on any atom is 0.223 e. The van der Waals surface area contributed by atoms with Crippen LogP contribution in [0.4, 0.5) is 0 Å². The lowest BCUT2D eigenvalue weighted by atomic mass is 10.0. The van der Waals surface area contributed by atoms with Crippen LogP contribution < -0.4 is 0 Å². The Morgan fingerprint density at radius 3 is 2.86 bits per heavy atom. The maximum atomic E-state index is 12.3. The van der Waals surface area contributed by atoms with E-state index in [4.69, 9.17) is 10.00 Å². The van der Waals surface area contributed by atoms with Crippen LogP contribution in [0.25, 0.3) is 0 Å². The highest BCUT2D eigenvalue weighted by molar-refractivity contribution is 5.91. The summed E-state index contributed by atoms with van der Waals surface area (Å²) in [5.41, 5.74) is 2.03. The van der Waals surface area contributed by atoms with Crippen LogP contribution in [0.2, 0.25) is 0 Å². The van der Waals surface area contributed by atoms with Crippen molar-refractivity contribution in [3.63, 3.8) is 0 Å². The van der Waals surface area contributed by atoms with Crippen molar-refractivity contribution in [3.8, 4) is 6.07 Å². The van der Waals surface area contributed by atoms with E-state index in [1.54, 1.807) is 13.2 Å². The molecule has 1 saturated heterocycles. The van der Waals surface area contributed by atoms with Crippen LogP contribution in [0.3, 0.4) is 0 Å². The predicted molar refractivity (Wildman–Crippen MR) is 108 cm³/mol. The fourth-order valence-corrected chi connectivity index (χ4v) is 3.56. The van der Waals surface area contributed by atoms with Crippen molar-refractivity contribution in [3.05, 3.63) is 47.5 Å². The molecule has 1 aliphatic heterocycles. The van der Waals surface area contributed by atoms with Gasteiger partial charge in [-0.15, -0.1) is 0 Å². The number of allylic oxidation sites excluding steroid dienone is 1. The summed E-state index contributed by atoms with van der Waals surface area (Å²) in [4.78, 5) is 26.4. The van der Waals surface area contributed by atoms with Gasteiger partial charge in [0.15, 0.2) is 5.78 Å². The van der Waals surface area contributed by atoms with E-state index in [2.05, 4.69) is 6.07 Å². The highest BCUT2D eigenvalue weighted by Crippen LogP contribution is 2.21. The first-order valence-corrected chi connectivity index (χ1v) is 10.1. The molecule has 1 heterocycles. The number of amides is 1. The van der Waals surface area contributed by atoms with Crippen molar-refractivity contribution in [2.45, 2.75) is 64.0 Å². The Hall–Kier alpha value is -2.45. The summed E-state index contributed by atoms with van der Waals surface area (Å²) >= 11 is 0. The van der Waals surface area contributed by atoms with Crippen LogP contribution in [0.1, 0.15) is 56.1 Å². The molecule has 150 valence electrons. The van der Waals surface area contributed by atoms with Gasteiger partial charge in [0.05, 0.1) is 18.7 Å². The Bertz CT molecular complexity index is 721. The lowest BCUT2D eigenvalue weighted by Crippen LogP contribution is -2.32. The Labute approximate surface area is 168 Å².